The average molecular weight is 262 g/mol. The molecule has 1 aliphatic rings. The Balaban J connectivity index is 2.54. The molecule has 1 N–H and O–H groups in total. The van der Waals surface area contributed by atoms with Crippen molar-refractivity contribution in [2.24, 2.45) is 5.41 Å². The van der Waals surface area contributed by atoms with E-state index in [1.54, 1.807) is 0 Å². The molecule has 1 saturated carbocycles. The third-order valence-corrected chi connectivity index (χ3v) is 3.66. The van der Waals surface area contributed by atoms with Gasteiger partial charge in [-0.2, -0.15) is 0 Å². The highest BCUT2D eigenvalue weighted by Gasteiger charge is 2.33. The fraction of sp³-hybridized carbons (Fsp3) is 0.909. The molecule has 0 aliphatic heterocycles. The van der Waals surface area contributed by atoms with Crippen LogP contribution in [-0.2, 0) is 4.79 Å². The number of nitrogens with one attached hydrogen (secondary N) is 1. The highest BCUT2D eigenvalue weighted by molar-refractivity contribution is 9.10. The molecular formula is C11H20BrNO. The molecule has 0 spiro atoms. The van der Waals surface area contributed by atoms with Crippen LogP contribution in [0.4, 0.5) is 0 Å². The van der Waals surface area contributed by atoms with Gasteiger partial charge in [-0.15, -0.1) is 0 Å². The van der Waals surface area contributed by atoms with Gasteiger partial charge in [0, 0.05) is 5.41 Å². The van der Waals surface area contributed by atoms with Crippen LogP contribution in [-0.4, -0.2) is 10.4 Å². The zero-order valence-corrected chi connectivity index (χ0v) is 10.9. The zero-order chi connectivity index (χ0) is 10.8. The molecule has 0 saturated heterocycles. The fourth-order valence-corrected chi connectivity index (χ4v) is 2.37. The number of rotatable bonds is 1. The summed E-state index contributed by atoms with van der Waals surface area (Å²) < 4.78 is -0.129. The van der Waals surface area contributed by atoms with E-state index in [0.717, 1.165) is 12.8 Å². The first-order chi connectivity index (χ1) is 6.33. The molecule has 1 fully saturated rings. The highest BCUT2D eigenvalue weighted by Crippen LogP contribution is 2.34. The first kappa shape index (κ1) is 12.0. The minimum Gasteiger partial charge on any atom is -0.341 e. The lowest BCUT2D eigenvalue weighted by atomic mass is 9.91. The molecule has 0 aromatic rings. The molecule has 0 heterocycles. The van der Waals surface area contributed by atoms with Gasteiger partial charge in [-0.25, -0.2) is 0 Å². The summed E-state index contributed by atoms with van der Waals surface area (Å²) in [7, 11) is 0. The maximum Gasteiger partial charge on any atom is 0.226 e. The van der Waals surface area contributed by atoms with E-state index < -0.39 is 0 Å². The van der Waals surface area contributed by atoms with Crippen molar-refractivity contribution in [3.8, 4) is 0 Å². The second kappa shape index (κ2) is 4.21. The minimum absolute atomic E-state index is 0.129. The summed E-state index contributed by atoms with van der Waals surface area (Å²) in [6.07, 6.45) is 5.80. The topological polar surface area (TPSA) is 29.1 Å². The highest BCUT2D eigenvalue weighted by atomic mass is 79.9. The van der Waals surface area contributed by atoms with Crippen molar-refractivity contribution in [1.29, 1.82) is 0 Å². The van der Waals surface area contributed by atoms with Gasteiger partial charge in [0.05, 0.1) is 4.45 Å². The summed E-state index contributed by atoms with van der Waals surface area (Å²) in [5, 5.41) is 3.11. The zero-order valence-electron chi connectivity index (χ0n) is 9.32. The van der Waals surface area contributed by atoms with E-state index in [1.165, 1.54) is 19.3 Å². The molecule has 82 valence electrons. The third kappa shape index (κ3) is 3.26. The Morgan fingerprint density at radius 1 is 1.21 bits per heavy atom. The van der Waals surface area contributed by atoms with E-state index in [9.17, 15) is 4.79 Å². The fourth-order valence-electron chi connectivity index (χ4n) is 1.63. The molecule has 14 heavy (non-hydrogen) atoms. The van der Waals surface area contributed by atoms with Crippen LogP contribution in [0.1, 0.15) is 52.9 Å². The maximum absolute atomic E-state index is 11.8. The second-order valence-electron chi connectivity index (χ2n) is 5.23. The van der Waals surface area contributed by atoms with E-state index in [0.29, 0.717) is 0 Å². The molecular weight excluding hydrogens is 242 g/mol. The van der Waals surface area contributed by atoms with Crippen LogP contribution in [0.15, 0.2) is 0 Å². The number of hydrogen-bond acceptors (Lipinski definition) is 1. The number of halogens is 1. The van der Waals surface area contributed by atoms with Gasteiger partial charge >= 0.3 is 0 Å². The van der Waals surface area contributed by atoms with E-state index in [-0.39, 0.29) is 15.8 Å². The first-order valence-electron chi connectivity index (χ1n) is 5.35. The quantitative estimate of drug-likeness (QED) is 0.570. The van der Waals surface area contributed by atoms with Gasteiger partial charge in [-0.1, -0.05) is 56.0 Å². The van der Waals surface area contributed by atoms with Crippen LogP contribution in [0.5, 0.6) is 0 Å². The van der Waals surface area contributed by atoms with Crippen molar-refractivity contribution in [3.05, 3.63) is 0 Å². The van der Waals surface area contributed by atoms with Gasteiger partial charge < -0.3 is 5.32 Å². The normalized spacial score (nSPS) is 21.7. The van der Waals surface area contributed by atoms with Gasteiger partial charge in [0.2, 0.25) is 5.91 Å². The molecule has 0 bridgehead atoms. The molecule has 1 rings (SSSR count). The number of amides is 1. The Kier molecular flexibility index (Phi) is 3.62. The average Bonchev–Trinajstić information content (AvgIpc) is 2.02. The van der Waals surface area contributed by atoms with Gasteiger partial charge in [0.25, 0.3) is 0 Å². The van der Waals surface area contributed by atoms with Crippen LogP contribution in [0.25, 0.3) is 0 Å². The van der Waals surface area contributed by atoms with Crippen LogP contribution in [0.3, 0.4) is 0 Å². The Morgan fingerprint density at radius 3 is 2.14 bits per heavy atom. The molecule has 0 unspecified atom stereocenters. The number of hydrogen-bond donors (Lipinski definition) is 1. The lowest BCUT2D eigenvalue weighted by molar-refractivity contribution is -0.129. The molecule has 1 amide bonds. The maximum atomic E-state index is 11.8. The van der Waals surface area contributed by atoms with Crippen molar-refractivity contribution in [2.75, 3.05) is 0 Å². The van der Waals surface area contributed by atoms with Crippen molar-refractivity contribution >= 4 is 21.8 Å². The van der Waals surface area contributed by atoms with Crippen LogP contribution < -0.4 is 5.32 Å². The molecule has 0 aromatic carbocycles. The molecule has 2 nitrogen and oxygen atoms in total. The lowest BCUT2D eigenvalue weighted by Crippen LogP contribution is -2.48. The summed E-state index contributed by atoms with van der Waals surface area (Å²) in [4.78, 5) is 11.8. The van der Waals surface area contributed by atoms with Crippen molar-refractivity contribution in [3.63, 3.8) is 0 Å². The first-order valence-corrected chi connectivity index (χ1v) is 6.14. The van der Waals surface area contributed by atoms with E-state index in [4.69, 9.17) is 0 Å². The second-order valence-corrected chi connectivity index (χ2v) is 6.75. The van der Waals surface area contributed by atoms with E-state index in [2.05, 4.69) is 21.2 Å². The monoisotopic (exact) mass is 261 g/mol. The minimum atomic E-state index is -0.293. The molecule has 0 radical (unpaired) electrons. The molecule has 1 aliphatic carbocycles. The van der Waals surface area contributed by atoms with Crippen LogP contribution in [0, 0.1) is 5.41 Å². The van der Waals surface area contributed by atoms with Crippen molar-refractivity contribution in [1.82, 2.24) is 5.32 Å². The number of alkyl halides is 1. The predicted molar refractivity (Wildman–Crippen MR) is 62.3 cm³/mol. The summed E-state index contributed by atoms with van der Waals surface area (Å²) in [5.74, 6) is 0.135. The van der Waals surface area contributed by atoms with E-state index in [1.807, 2.05) is 20.8 Å². The van der Waals surface area contributed by atoms with Gasteiger partial charge in [0.1, 0.15) is 0 Å². The van der Waals surface area contributed by atoms with E-state index >= 15 is 0 Å². The van der Waals surface area contributed by atoms with Crippen LogP contribution in [0.2, 0.25) is 0 Å². The Bertz CT molecular complexity index is 214. The van der Waals surface area contributed by atoms with Gasteiger partial charge in [-0.3, -0.25) is 4.79 Å². The molecule has 3 heteroatoms. The smallest absolute Gasteiger partial charge is 0.226 e. The SMILES string of the molecule is CC(C)(C)C(=O)NC1(Br)CCCCC1. The van der Waals surface area contributed by atoms with Crippen molar-refractivity contribution in [2.45, 2.75) is 57.3 Å². The Morgan fingerprint density at radius 2 is 1.71 bits per heavy atom. The summed E-state index contributed by atoms with van der Waals surface area (Å²) in [6, 6.07) is 0. The molecule has 0 aromatic heterocycles. The summed E-state index contributed by atoms with van der Waals surface area (Å²) in [6.45, 7) is 5.84. The molecule has 0 atom stereocenters. The summed E-state index contributed by atoms with van der Waals surface area (Å²) in [5.41, 5.74) is -0.293. The summed E-state index contributed by atoms with van der Waals surface area (Å²) >= 11 is 3.66. The predicted octanol–water partition coefficient (Wildman–Crippen LogP) is 3.20. The standard InChI is InChI=1S/C11H20BrNO/c1-10(2,3)9(14)13-11(12)7-5-4-6-8-11/h4-8H2,1-3H3,(H,13,14). The largest absolute Gasteiger partial charge is 0.341 e. The Hall–Kier alpha value is -0.0500. The van der Waals surface area contributed by atoms with Crippen molar-refractivity contribution < 1.29 is 4.79 Å². The third-order valence-electron chi connectivity index (χ3n) is 2.66. The van der Waals surface area contributed by atoms with Gasteiger partial charge in [0.15, 0.2) is 0 Å². The van der Waals surface area contributed by atoms with Crippen LogP contribution >= 0.6 is 15.9 Å². The lowest BCUT2D eigenvalue weighted by Gasteiger charge is -2.34. The number of carbonyl (C=O) groups is 1. The Labute approximate surface area is 95.0 Å². The number of carbonyl (C=O) groups excluding carboxylic acids is 1. The van der Waals surface area contributed by atoms with Gasteiger partial charge in [-0.05, 0) is 12.8 Å².